The number of ether oxygens (including phenoxy) is 1. The Morgan fingerprint density at radius 2 is 2.04 bits per heavy atom. The van der Waals surface area contributed by atoms with Crippen molar-refractivity contribution in [2.75, 3.05) is 0 Å². The van der Waals surface area contributed by atoms with E-state index in [9.17, 15) is 9.59 Å². The highest BCUT2D eigenvalue weighted by atomic mass is 32.1. The second kappa shape index (κ2) is 7.04. The van der Waals surface area contributed by atoms with Gasteiger partial charge in [-0.2, -0.15) is 0 Å². The number of hydrogen-bond donors (Lipinski definition) is 1. The number of amides is 1. The highest BCUT2D eigenvalue weighted by Gasteiger charge is 2.27. The lowest BCUT2D eigenvalue weighted by atomic mass is 9.86. The Morgan fingerprint density at radius 1 is 1.26 bits per heavy atom. The van der Waals surface area contributed by atoms with E-state index in [0.717, 1.165) is 32.1 Å². The number of nitrogens with one attached hydrogen (secondary N) is 1. The Hall–Kier alpha value is -1.36. The molecule has 2 aliphatic rings. The summed E-state index contributed by atoms with van der Waals surface area (Å²) in [5, 5.41) is 3.05. The molecule has 5 heteroatoms. The van der Waals surface area contributed by atoms with Crippen LogP contribution in [0.3, 0.4) is 0 Å². The monoisotopic (exact) mass is 335 g/mol. The van der Waals surface area contributed by atoms with Crippen molar-refractivity contribution in [3.05, 3.63) is 21.4 Å². The molecule has 3 atom stereocenters. The summed E-state index contributed by atoms with van der Waals surface area (Å²) >= 11 is 1.51. The molecule has 0 radical (unpaired) electrons. The van der Waals surface area contributed by atoms with Crippen LogP contribution < -0.4 is 5.32 Å². The van der Waals surface area contributed by atoms with E-state index in [2.05, 4.69) is 12.2 Å². The Bertz CT molecular complexity index is 574. The summed E-state index contributed by atoms with van der Waals surface area (Å²) in [7, 11) is 0. The average molecular weight is 335 g/mol. The molecule has 1 aromatic rings. The van der Waals surface area contributed by atoms with Crippen LogP contribution in [0.25, 0.3) is 0 Å². The van der Waals surface area contributed by atoms with Crippen LogP contribution in [0.4, 0.5) is 0 Å². The van der Waals surface area contributed by atoms with Crippen LogP contribution in [0.1, 0.15) is 66.1 Å². The number of esters is 1. The lowest BCUT2D eigenvalue weighted by molar-refractivity contribution is -0.130. The molecule has 23 heavy (non-hydrogen) atoms. The summed E-state index contributed by atoms with van der Waals surface area (Å²) in [6.45, 7) is 3.83. The second-order valence-electron chi connectivity index (χ2n) is 6.84. The standard InChI is InChI=1S/C18H25NO3S/c1-11-6-3-4-8-14(11)19-17(20)12(2)22-18(21)16-10-13-7-5-9-15(13)23-16/h10-12,14H,3-9H2,1-2H3,(H,19,20)/t11-,12+,14-/m0/s1. The Kier molecular flexibility index (Phi) is 5.05. The number of hydrogen-bond acceptors (Lipinski definition) is 4. The summed E-state index contributed by atoms with van der Waals surface area (Å²) in [6, 6.07) is 2.14. The van der Waals surface area contributed by atoms with E-state index < -0.39 is 6.10 Å². The van der Waals surface area contributed by atoms with Crippen LogP contribution in [-0.4, -0.2) is 24.0 Å². The van der Waals surface area contributed by atoms with E-state index in [4.69, 9.17) is 4.74 Å². The molecule has 1 heterocycles. The molecule has 3 rings (SSSR count). The van der Waals surface area contributed by atoms with Gasteiger partial charge in [-0.1, -0.05) is 19.8 Å². The molecule has 1 saturated carbocycles. The van der Waals surface area contributed by atoms with Crippen LogP contribution >= 0.6 is 11.3 Å². The summed E-state index contributed by atoms with van der Waals surface area (Å²) in [6.07, 6.45) is 7.11. The fourth-order valence-corrected chi connectivity index (χ4v) is 4.67. The van der Waals surface area contributed by atoms with Gasteiger partial charge >= 0.3 is 5.97 Å². The van der Waals surface area contributed by atoms with Crippen LogP contribution in [0.15, 0.2) is 6.07 Å². The molecule has 0 saturated heterocycles. The third-order valence-electron chi connectivity index (χ3n) is 5.04. The highest BCUT2D eigenvalue weighted by Crippen LogP contribution is 2.31. The van der Waals surface area contributed by atoms with Crippen molar-refractivity contribution in [3.63, 3.8) is 0 Å². The summed E-state index contributed by atoms with van der Waals surface area (Å²) in [5.41, 5.74) is 1.27. The van der Waals surface area contributed by atoms with Gasteiger partial charge in [0.15, 0.2) is 6.10 Å². The van der Waals surface area contributed by atoms with Crippen molar-refractivity contribution >= 4 is 23.2 Å². The number of carbonyl (C=O) groups is 2. The lowest BCUT2D eigenvalue weighted by Gasteiger charge is -2.30. The zero-order valence-corrected chi connectivity index (χ0v) is 14.7. The maximum atomic E-state index is 12.3. The molecular formula is C18H25NO3S. The third kappa shape index (κ3) is 3.77. The maximum absolute atomic E-state index is 12.3. The molecule has 0 aliphatic heterocycles. The van der Waals surface area contributed by atoms with Crippen molar-refractivity contribution in [2.24, 2.45) is 5.92 Å². The van der Waals surface area contributed by atoms with E-state index in [-0.39, 0.29) is 17.9 Å². The number of rotatable bonds is 4. The van der Waals surface area contributed by atoms with Crippen molar-refractivity contribution in [1.29, 1.82) is 0 Å². The quantitative estimate of drug-likeness (QED) is 0.857. The molecule has 1 N–H and O–H groups in total. The van der Waals surface area contributed by atoms with E-state index in [0.29, 0.717) is 10.8 Å². The molecule has 1 aromatic heterocycles. The predicted molar refractivity (Wildman–Crippen MR) is 90.8 cm³/mol. The van der Waals surface area contributed by atoms with Gasteiger partial charge in [0.2, 0.25) is 0 Å². The Labute approximate surface area is 141 Å². The fraction of sp³-hybridized carbons (Fsp3) is 0.667. The number of carbonyl (C=O) groups excluding carboxylic acids is 2. The Morgan fingerprint density at radius 3 is 2.78 bits per heavy atom. The first-order valence-corrected chi connectivity index (χ1v) is 9.49. The van der Waals surface area contributed by atoms with Gasteiger partial charge < -0.3 is 10.1 Å². The van der Waals surface area contributed by atoms with Gasteiger partial charge in [0.05, 0.1) is 0 Å². The lowest BCUT2D eigenvalue weighted by Crippen LogP contribution is -2.45. The number of fused-ring (bicyclic) bond motifs is 1. The molecule has 4 nitrogen and oxygen atoms in total. The summed E-state index contributed by atoms with van der Waals surface area (Å²) in [5.74, 6) is -0.0548. The predicted octanol–water partition coefficient (Wildman–Crippen LogP) is 3.48. The molecule has 0 unspecified atom stereocenters. The summed E-state index contributed by atoms with van der Waals surface area (Å²) in [4.78, 5) is 26.4. The second-order valence-corrected chi connectivity index (χ2v) is 7.97. The van der Waals surface area contributed by atoms with Gasteiger partial charge in [-0.05, 0) is 56.6 Å². The van der Waals surface area contributed by atoms with Gasteiger partial charge in [0.25, 0.3) is 5.91 Å². The first kappa shape index (κ1) is 16.5. The molecule has 0 spiro atoms. The minimum Gasteiger partial charge on any atom is -0.448 e. The van der Waals surface area contributed by atoms with E-state index in [1.807, 2.05) is 6.07 Å². The number of thiophene rings is 1. The van der Waals surface area contributed by atoms with Crippen molar-refractivity contribution in [1.82, 2.24) is 5.32 Å². The molecule has 0 aromatic carbocycles. The van der Waals surface area contributed by atoms with E-state index >= 15 is 0 Å². The number of aryl methyl sites for hydroxylation is 2. The molecular weight excluding hydrogens is 310 g/mol. The van der Waals surface area contributed by atoms with Crippen LogP contribution in [0.5, 0.6) is 0 Å². The molecule has 0 bridgehead atoms. The van der Waals surface area contributed by atoms with Crippen LogP contribution in [0, 0.1) is 5.92 Å². The topological polar surface area (TPSA) is 55.4 Å². The Balaban J connectivity index is 1.53. The zero-order chi connectivity index (χ0) is 16.4. The molecule has 126 valence electrons. The summed E-state index contributed by atoms with van der Waals surface area (Å²) < 4.78 is 5.37. The SMILES string of the molecule is C[C@@H](OC(=O)c1cc2c(s1)CCC2)C(=O)N[C@H]1CCCC[C@@H]1C. The zero-order valence-electron chi connectivity index (χ0n) is 13.9. The molecule has 1 fully saturated rings. The average Bonchev–Trinajstić information content (AvgIpc) is 3.10. The highest BCUT2D eigenvalue weighted by molar-refractivity contribution is 7.14. The maximum Gasteiger partial charge on any atom is 0.349 e. The first-order valence-electron chi connectivity index (χ1n) is 8.67. The minimum absolute atomic E-state index is 0.179. The van der Waals surface area contributed by atoms with Gasteiger partial charge in [-0.25, -0.2) is 4.79 Å². The van der Waals surface area contributed by atoms with Gasteiger partial charge in [0, 0.05) is 10.9 Å². The van der Waals surface area contributed by atoms with Crippen LogP contribution in [-0.2, 0) is 22.4 Å². The van der Waals surface area contributed by atoms with Crippen molar-refractivity contribution in [3.8, 4) is 0 Å². The smallest absolute Gasteiger partial charge is 0.349 e. The van der Waals surface area contributed by atoms with Gasteiger partial charge in [-0.15, -0.1) is 11.3 Å². The fourth-order valence-electron chi connectivity index (χ4n) is 3.53. The largest absolute Gasteiger partial charge is 0.448 e. The molecule has 2 aliphatic carbocycles. The normalized spacial score (nSPS) is 24.8. The minimum atomic E-state index is -0.742. The van der Waals surface area contributed by atoms with Crippen molar-refractivity contribution < 1.29 is 14.3 Å². The van der Waals surface area contributed by atoms with Crippen molar-refractivity contribution in [2.45, 2.75) is 70.9 Å². The van der Waals surface area contributed by atoms with E-state index in [1.54, 1.807) is 6.92 Å². The third-order valence-corrected chi connectivity index (χ3v) is 6.26. The van der Waals surface area contributed by atoms with Gasteiger partial charge in [0.1, 0.15) is 4.88 Å². The molecule has 1 amide bonds. The van der Waals surface area contributed by atoms with Crippen LogP contribution in [0.2, 0.25) is 0 Å². The van der Waals surface area contributed by atoms with Gasteiger partial charge in [-0.3, -0.25) is 4.79 Å². The van der Waals surface area contributed by atoms with E-state index in [1.165, 1.54) is 34.6 Å². The first-order chi connectivity index (χ1) is 11.0.